The van der Waals surface area contributed by atoms with Crippen molar-refractivity contribution in [1.82, 2.24) is 9.88 Å². The number of nitrogens with zero attached hydrogens (tertiary/aromatic N) is 3. The Morgan fingerprint density at radius 3 is 2.23 bits per heavy atom. The fraction of sp³-hybridized carbons (Fsp3) is 0.267. The van der Waals surface area contributed by atoms with E-state index in [0.29, 0.717) is 55.0 Å². The van der Waals surface area contributed by atoms with Crippen LogP contribution in [-0.2, 0) is 0 Å². The zero-order valence-electron chi connectivity index (χ0n) is 22.5. The highest BCUT2D eigenvalue weighted by Gasteiger charge is 2.22. The third kappa shape index (κ3) is 5.61. The van der Waals surface area contributed by atoms with E-state index in [-0.39, 0.29) is 0 Å². The SMILES string of the molecule is CCN1CCN(c2ccc(NC(=O)Oc3ccc(-c4c(Cl)c(OC)cc(OC)c4Cl)c4cccnc34)cc2)CC1. The molecule has 1 aliphatic heterocycles. The maximum Gasteiger partial charge on any atom is 0.417 e. The second-order valence-corrected chi connectivity index (χ2v) is 10.0. The van der Waals surface area contributed by atoms with Gasteiger partial charge in [-0.2, -0.15) is 0 Å². The lowest BCUT2D eigenvalue weighted by Gasteiger charge is -2.35. The number of carbonyl (C=O) groups is 1. The number of pyridine rings is 1. The summed E-state index contributed by atoms with van der Waals surface area (Å²) in [5.74, 6) is 1.14. The fourth-order valence-corrected chi connectivity index (χ4v) is 5.59. The number of hydrogen-bond donors (Lipinski definition) is 1. The molecule has 208 valence electrons. The summed E-state index contributed by atoms with van der Waals surface area (Å²) < 4.78 is 16.6. The number of halogens is 2. The molecule has 8 nitrogen and oxygen atoms in total. The highest BCUT2D eigenvalue weighted by Crippen LogP contribution is 2.48. The van der Waals surface area contributed by atoms with E-state index >= 15 is 0 Å². The number of hydrogen-bond acceptors (Lipinski definition) is 7. The van der Waals surface area contributed by atoms with Crippen LogP contribution in [0.25, 0.3) is 22.0 Å². The average molecular weight is 582 g/mol. The van der Waals surface area contributed by atoms with Crippen LogP contribution >= 0.6 is 23.2 Å². The van der Waals surface area contributed by atoms with Crippen molar-refractivity contribution in [3.8, 4) is 28.4 Å². The first kappa shape index (κ1) is 27.8. The van der Waals surface area contributed by atoms with Crippen LogP contribution in [-0.4, -0.2) is 62.9 Å². The molecule has 1 aliphatic rings. The van der Waals surface area contributed by atoms with Gasteiger partial charge in [0.25, 0.3) is 0 Å². The molecule has 1 N–H and O–H groups in total. The predicted octanol–water partition coefficient (Wildman–Crippen LogP) is 6.98. The van der Waals surface area contributed by atoms with Gasteiger partial charge in [-0.3, -0.25) is 10.3 Å². The number of anilines is 2. The van der Waals surface area contributed by atoms with Crippen molar-refractivity contribution in [2.24, 2.45) is 0 Å². The maximum atomic E-state index is 12.9. The first-order valence-corrected chi connectivity index (χ1v) is 13.7. The number of ether oxygens (including phenoxy) is 3. The number of methoxy groups -OCH3 is 2. The summed E-state index contributed by atoms with van der Waals surface area (Å²) in [6.45, 7) is 7.32. The van der Waals surface area contributed by atoms with E-state index in [2.05, 4.69) is 27.0 Å². The zero-order valence-corrected chi connectivity index (χ0v) is 24.1. The van der Waals surface area contributed by atoms with E-state index in [0.717, 1.165) is 38.4 Å². The molecule has 0 unspecified atom stereocenters. The topological polar surface area (TPSA) is 76.2 Å². The molecule has 3 aromatic carbocycles. The molecule has 0 bridgehead atoms. The van der Waals surface area contributed by atoms with Crippen LogP contribution in [0.2, 0.25) is 10.0 Å². The van der Waals surface area contributed by atoms with Crippen LogP contribution in [0.15, 0.2) is 60.8 Å². The molecule has 0 radical (unpaired) electrons. The van der Waals surface area contributed by atoms with Crippen molar-refractivity contribution in [2.75, 3.05) is 57.2 Å². The summed E-state index contributed by atoms with van der Waals surface area (Å²) in [6.07, 6.45) is 1.01. The first-order chi connectivity index (χ1) is 19.4. The van der Waals surface area contributed by atoms with Crippen LogP contribution in [0.1, 0.15) is 6.92 Å². The van der Waals surface area contributed by atoms with Crippen molar-refractivity contribution in [3.05, 3.63) is 70.8 Å². The summed E-state index contributed by atoms with van der Waals surface area (Å²) in [6, 6.07) is 16.5. The van der Waals surface area contributed by atoms with E-state index in [1.807, 2.05) is 30.3 Å². The molecule has 40 heavy (non-hydrogen) atoms. The van der Waals surface area contributed by atoms with Crippen LogP contribution in [0, 0.1) is 0 Å². The summed E-state index contributed by atoms with van der Waals surface area (Å²) in [5, 5.41) is 4.17. The van der Waals surface area contributed by atoms with Crippen LogP contribution in [0.3, 0.4) is 0 Å². The Bertz CT molecular complexity index is 1490. The minimum absolute atomic E-state index is 0.296. The fourth-order valence-electron chi connectivity index (χ4n) is 4.89. The molecule has 1 amide bonds. The van der Waals surface area contributed by atoms with Crippen LogP contribution in [0.5, 0.6) is 17.2 Å². The highest BCUT2D eigenvalue weighted by atomic mass is 35.5. The number of nitrogens with one attached hydrogen (secondary N) is 1. The van der Waals surface area contributed by atoms with Gasteiger partial charge in [-0.05, 0) is 54.6 Å². The van der Waals surface area contributed by atoms with E-state index < -0.39 is 6.09 Å². The zero-order chi connectivity index (χ0) is 28.2. The number of aromatic nitrogens is 1. The van der Waals surface area contributed by atoms with Gasteiger partial charge in [0.2, 0.25) is 0 Å². The number of benzene rings is 3. The Morgan fingerprint density at radius 1 is 0.925 bits per heavy atom. The molecule has 5 rings (SSSR count). The van der Waals surface area contributed by atoms with E-state index in [1.54, 1.807) is 30.5 Å². The first-order valence-electron chi connectivity index (χ1n) is 13.0. The Balaban J connectivity index is 1.37. The minimum Gasteiger partial charge on any atom is -0.495 e. The summed E-state index contributed by atoms with van der Waals surface area (Å²) in [7, 11) is 3.04. The second-order valence-electron chi connectivity index (χ2n) is 9.28. The number of carbonyl (C=O) groups excluding carboxylic acids is 1. The molecule has 1 saturated heterocycles. The Morgan fingerprint density at radius 2 is 1.60 bits per heavy atom. The van der Waals surface area contributed by atoms with Crippen LogP contribution in [0.4, 0.5) is 16.2 Å². The van der Waals surface area contributed by atoms with Gasteiger partial charge in [0.1, 0.15) is 17.0 Å². The highest BCUT2D eigenvalue weighted by molar-refractivity contribution is 6.41. The third-order valence-electron chi connectivity index (χ3n) is 7.08. The quantitative estimate of drug-likeness (QED) is 0.252. The normalized spacial score (nSPS) is 13.8. The number of likely N-dealkylation sites (N-methyl/N-ethyl adjacent to an activating group) is 1. The predicted molar refractivity (Wildman–Crippen MR) is 161 cm³/mol. The van der Waals surface area contributed by atoms with Gasteiger partial charge >= 0.3 is 6.09 Å². The van der Waals surface area contributed by atoms with Gasteiger partial charge in [-0.15, -0.1) is 0 Å². The number of fused-ring (bicyclic) bond motifs is 1. The smallest absolute Gasteiger partial charge is 0.417 e. The summed E-state index contributed by atoms with van der Waals surface area (Å²) >= 11 is 13.4. The summed E-state index contributed by atoms with van der Waals surface area (Å²) in [4.78, 5) is 22.1. The maximum absolute atomic E-state index is 12.9. The van der Waals surface area contributed by atoms with E-state index in [1.165, 1.54) is 14.2 Å². The van der Waals surface area contributed by atoms with Crippen molar-refractivity contribution in [3.63, 3.8) is 0 Å². The van der Waals surface area contributed by atoms with Crippen molar-refractivity contribution < 1.29 is 19.0 Å². The lowest BCUT2D eigenvalue weighted by molar-refractivity contribution is 0.215. The van der Waals surface area contributed by atoms with Gasteiger partial charge in [0, 0.05) is 60.8 Å². The number of rotatable bonds is 7. The van der Waals surface area contributed by atoms with Gasteiger partial charge in [-0.25, -0.2) is 4.79 Å². The van der Waals surface area contributed by atoms with Crippen molar-refractivity contribution >= 4 is 51.6 Å². The molecule has 0 aliphatic carbocycles. The van der Waals surface area contributed by atoms with Crippen molar-refractivity contribution in [2.45, 2.75) is 6.92 Å². The molecule has 4 aromatic rings. The lowest BCUT2D eigenvalue weighted by atomic mass is 9.99. The van der Waals surface area contributed by atoms with Crippen molar-refractivity contribution in [1.29, 1.82) is 0 Å². The largest absolute Gasteiger partial charge is 0.495 e. The van der Waals surface area contributed by atoms with Gasteiger partial charge in [-0.1, -0.05) is 36.2 Å². The molecule has 1 aromatic heterocycles. The van der Waals surface area contributed by atoms with Gasteiger partial charge < -0.3 is 24.0 Å². The standard InChI is InChI=1S/C30H30Cl2N4O4/c1-4-35-14-16-36(17-15-35)20-9-7-19(8-10-20)34-30(37)40-23-12-11-21(22-6-5-13-33-29(22)23)26-27(31)24(38-2)18-25(39-3)28(26)32/h5-13,18H,4,14-17H2,1-3H3,(H,34,37). The van der Waals surface area contributed by atoms with E-state index in [4.69, 9.17) is 37.4 Å². The average Bonchev–Trinajstić information content (AvgIpc) is 2.99. The number of piperazine rings is 1. The minimum atomic E-state index is -0.622. The van der Waals surface area contributed by atoms with Gasteiger partial charge in [0.15, 0.2) is 5.75 Å². The molecule has 10 heteroatoms. The monoisotopic (exact) mass is 580 g/mol. The second kappa shape index (κ2) is 12.2. The lowest BCUT2D eigenvalue weighted by Crippen LogP contribution is -2.46. The molecule has 2 heterocycles. The third-order valence-corrected chi connectivity index (χ3v) is 7.83. The van der Waals surface area contributed by atoms with Crippen LogP contribution < -0.4 is 24.4 Å². The van der Waals surface area contributed by atoms with E-state index in [9.17, 15) is 4.79 Å². The molecular formula is C30H30Cl2N4O4. The molecular weight excluding hydrogens is 551 g/mol. The molecule has 0 atom stereocenters. The summed E-state index contributed by atoms with van der Waals surface area (Å²) in [5.41, 5.74) is 3.47. The van der Waals surface area contributed by atoms with Gasteiger partial charge in [0.05, 0.1) is 24.3 Å². The number of amides is 1. The Labute approximate surface area is 243 Å². The Kier molecular flexibility index (Phi) is 8.49. The molecule has 0 spiro atoms. The molecule has 0 saturated carbocycles. The Hall–Kier alpha value is -3.72. The molecule has 1 fully saturated rings.